The maximum absolute atomic E-state index is 13.5. The van der Waals surface area contributed by atoms with Crippen LogP contribution in [-0.2, 0) is 13.6 Å². The number of unbranched alkanes of at least 4 members (excludes halogenated alkanes) is 2. The highest BCUT2D eigenvalue weighted by Gasteiger charge is 2.19. The Morgan fingerprint density at radius 1 is 1.00 bits per heavy atom. The van der Waals surface area contributed by atoms with Gasteiger partial charge in [-0.2, -0.15) is 5.10 Å². The monoisotopic (exact) mass is 478 g/mol. The fourth-order valence-corrected chi connectivity index (χ4v) is 5.07. The minimum Gasteiger partial charge on any atom is -0.339 e. The average molecular weight is 479 g/mol. The fourth-order valence-electron chi connectivity index (χ4n) is 5.07. The number of fused-ring (bicyclic) bond motifs is 1. The zero-order chi connectivity index (χ0) is 24.6. The molecule has 1 amide bonds. The Balaban J connectivity index is 1.62. The van der Waals surface area contributed by atoms with E-state index in [0.29, 0.717) is 0 Å². The van der Waals surface area contributed by atoms with Crippen molar-refractivity contribution in [2.75, 3.05) is 32.7 Å². The number of imidazole rings is 1. The molecule has 7 heteroatoms. The fraction of sp³-hybridized carbons (Fsp3) is 0.607. The van der Waals surface area contributed by atoms with Crippen molar-refractivity contribution in [3.05, 3.63) is 36.2 Å². The van der Waals surface area contributed by atoms with Crippen LogP contribution >= 0.6 is 0 Å². The number of hydrogen-bond acceptors (Lipinski definition) is 4. The van der Waals surface area contributed by atoms with Crippen molar-refractivity contribution < 1.29 is 4.79 Å². The van der Waals surface area contributed by atoms with E-state index in [1.165, 1.54) is 32.4 Å². The minimum atomic E-state index is 0.137. The zero-order valence-electron chi connectivity index (χ0n) is 21.9. The number of aryl methyl sites for hydroxylation is 2. The van der Waals surface area contributed by atoms with Crippen LogP contribution < -0.4 is 0 Å². The van der Waals surface area contributed by atoms with Gasteiger partial charge in [-0.05, 0) is 69.9 Å². The molecule has 1 fully saturated rings. The molecule has 7 nitrogen and oxygen atoms in total. The molecular weight excluding hydrogens is 436 g/mol. The molecule has 3 heterocycles. The number of rotatable bonds is 12. The van der Waals surface area contributed by atoms with Crippen LogP contribution in [0.3, 0.4) is 0 Å². The van der Waals surface area contributed by atoms with Crippen LogP contribution in [0.2, 0.25) is 0 Å². The molecule has 2 aromatic heterocycles. The smallest absolute Gasteiger partial charge is 0.253 e. The van der Waals surface area contributed by atoms with Crippen molar-refractivity contribution in [1.82, 2.24) is 29.1 Å². The van der Waals surface area contributed by atoms with E-state index in [0.717, 1.165) is 86.3 Å². The van der Waals surface area contributed by atoms with Gasteiger partial charge in [-0.3, -0.25) is 9.48 Å². The first kappa shape index (κ1) is 25.4. The van der Waals surface area contributed by atoms with E-state index in [-0.39, 0.29) is 5.91 Å². The third-order valence-electron chi connectivity index (χ3n) is 7.11. The van der Waals surface area contributed by atoms with Gasteiger partial charge >= 0.3 is 0 Å². The Bertz CT molecular complexity index is 1090. The Hall–Kier alpha value is -2.67. The van der Waals surface area contributed by atoms with Crippen LogP contribution in [0.25, 0.3) is 22.4 Å². The molecule has 1 aliphatic heterocycles. The summed E-state index contributed by atoms with van der Waals surface area (Å²) in [6, 6.07) is 6.03. The molecule has 190 valence electrons. The van der Waals surface area contributed by atoms with Gasteiger partial charge in [0, 0.05) is 38.4 Å². The molecule has 4 rings (SSSR count). The summed E-state index contributed by atoms with van der Waals surface area (Å²) in [4.78, 5) is 23.1. The number of aromatic nitrogens is 4. The molecule has 1 saturated heterocycles. The van der Waals surface area contributed by atoms with Crippen molar-refractivity contribution in [3.8, 4) is 11.4 Å². The second-order valence-corrected chi connectivity index (χ2v) is 9.95. The molecule has 1 aliphatic rings. The summed E-state index contributed by atoms with van der Waals surface area (Å²) in [5, 5.41) is 4.38. The van der Waals surface area contributed by atoms with Gasteiger partial charge < -0.3 is 14.4 Å². The highest BCUT2D eigenvalue weighted by atomic mass is 16.2. The summed E-state index contributed by atoms with van der Waals surface area (Å²) in [7, 11) is 1.94. The van der Waals surface area contributed by atoms with E-state index in [4.69, 9.17) is 4.98 Å². The summed E-state index contributed by atoms with van der Waals surface area (Å²) in [6.45, 7) is 10.4. The van der Waals surface area contributed by atoms with E-state index in [1.54, 1.807) is 0 Å². The van der Waals surface area contributed by atoms with Gasteiger partial charge in [0.1, 0.15) is 5.82 Å². The lowest BCUT2D eigenvalue weighted by molar-refractivity contribution is 0.0751. The van der Waals surface area contributed by atoms with Crippen LogP contribution in [0, 0.1) is 0 Å². The summed E-state index contributed by atoms with van der Waals surface area (Å²) < 4.78 is 4.12. The summed E-state index contributed by atoms with van der Waals surface area (Å²) >= 11 is 0. The number of nitrogens with zero attached hydrogens (tertiary/aromatic N) is 6. The first-order chi connectivity index (χ1) is 17.1. The predicted octanol–water partition coefficient (Wildman–Crippen LogP) is 5.36. The van der Waals surface area contributed by atoms with Crippen LogP contribution in [0.4, 0.5) is 0 Å². The summed E-state index contributed by atoms with van der Waals surface area (Å²) in [6.07, 6.45) is 13.2. The topological polar surface area (TPSA) is 59.2 Å². The molecule has 0 spiro atoms. The van der Waals surface area contributed by atoms with Gasteiger partial charge in [-0.1, -0.05) is 33.1 Å². The van der Waals surface area contributed by atoms with E-state index >= 15 is 0 Å². The largest absolute Gasteiger partial charge is 0.339 e. The molecule has 0 radical (unpaired) electrons. The minimum absolute atomic E-state index is 0.137. The lowest BCUT2D eigenvalue weighted by Gasteiger charge is -2.26. The molecule has 0 unspecified atom stereocenters. The van der Waals surface area contributed by atoms with Crippen molar-refractivity contribution in [2.45, 2.75) is 71.8 Å². The first-order valence-corrected chi connectivity index (χ1v) is 13.6. The Labute approximate surface area is 210 Å². The van der Waals surface area contributed by atoms with Crippen LogP contribution in [-0.4, -0.2) is 67.8 Å². The summed E-state index contributed by atoms with van der Waals surface area (Å²) in [5.41, 5.74) is 3.76. The van der Waals surface area contributed by atoms with Crippen molar-refractivity contribution >= 4 is 16.9 Å². The molecule has 35 heavy (non-hydrogen) atoms. The van der Waals surface area contributed by atoms with Crippen LogP contribution in [0.1, 0.15) is 75.6 Å². The highest BCUT2D eigenvalue weighted by Crippen LogP contribution is 2.26. The third-order valence-corrected chi connectivity index (χ3v) is 7.11. The van der Waals surface area contributed by atoms with Gasteiger partial charge in [-0.25, -0.2) is 4.98 Å². The lowest BCUT2D eigenvalue weighted by atomic mass is 10.1. The number of carbonyl (C=O) groups excluding carboxylic acids is 1. The molecule has 0 N–H and O–H groups in total. The van der Waals surface area contributed by atoms with E-state index in [9.17, 15) is 4.79 Å². The molecule has 0 aliphatic carbocycles. The quantitative estimate of drug-likeness (QED) is 0.352. The van der Waals surface area contributed by atoms with E-state index in [2.05, 4.69) is 34.5 Å². The van der Waals surface area contributed by atoms with Gasteiger partial charge in [0.25, 0.3) is 5.91 Å². The van der Waals surface area contributed by atoms with E-state index < -0.39 is 0 Å². The number of likely N-dealkylation sites (tertiary alicyclic amines) is 1. The maximum atomic E-state index is 13.5. The third kappa shape index (κ3) is 6.31. The van der Waals surface area contributed by atoms with Crippen molar-refractivity contribution in [3.63, 3.8) is 0 Å². The second-order valence-electron chi connectivity index (χ2n) is 9.95. The Morgan fingerprint density at radius 3 is 2.40 bits per heavy atom. The lowest BCUT2D eigenvalue weighted by Crippen LogP contribution is -2.33. The standard InChI is InChI=1S/C28H42N6O/c1-4-6-17-33(18-7-5-2)28(35)23-12-13-25-26(20-23)34(19-11-16-32-14-9-8-10-15-32)27(30-25)24-21-29-31(3)22-24/h12-13,20-22H,4-11,14-19H2,1-3H3. The second kappa shape index (κ2) is 12.3. The molecule has 3 aromatic rings. The molecule has 0 atom stereocenters. The zero-order valence-corrected chi connectivity index (χ0v) is 21.9. The predicted molar refractivity (Wildman–Crippen MR) is 143 cm³/mol. The number of hydrogen-bond donors (Lipinski definition) is 0. The van der Waals surface area contributed by atoms with Crippen molar-refractivity contribution in [2.24, 2.45) is 7.05 Å². The maximum Gasteiger partial charge on any atom is 0.253 e. The van der Waals surface area contributed by atoms with Crippen molar-refractivity contribution in [1.29, 1.82) is 0 Å². The first-order valence-electron chi connectivity index (χ1n) is 13.6. The number of carbonyl (C=O) groups is 1. The molecule has 0 bridgehead atoms. The molecular formula is C28H42N6O. The Kier molecular flexibility index (Phi) is 8.96. The molecule has 0 saturated carbocycles. The van der Waals surface area contributed by atoms with Gasteiger partial charge in [-0.15, -0.1) is 0 Å². The SMILES string of the molecule is CCCCN(CCCC)C(=O)c1ccc2nc(-c3cnn(C)c3)n(CCCN3CCCCC3)c2c1. The van der Waals surface area contributed by atoms with Gasteiger partial charge in [0.2, 0.25) is 0 Å². The Morgan fingerprint density at radius 2 is 1.74 bits per heavy atom. The average Bonchev–Trinajstić information content (AvgIpc) is 3.47. The van der Waals surface area contributed by atoms with Crippen LogP contribution in [0.15, 0.2) is 30.6 Å². The summed E-state index contributed by atoms with van der Waals surface area (Å²) in [5.74, 6) is 1.07. The van der Waals surface area contributed by atoms with E-state index in [1.807, 2.05) is 41.2 Å². The van der Waals surface area contributed by atoms with Gasteiger partial charge in [0.05, 0.1) is 22.8 Å². The number of benzene rings is 1. The van der Waals surface area contributed by atoms with Gasteiger partial charge in [0.15, 0.2) is 0 Å². The highest BCUT2D eigenvalue weighted by molar-refractivity contribution is 5.98. The molecule has 1 aromatic carbocycles. The number of amides is 1. The van der Waals surface area contributed by atoms with Crippen LogP contribution in [0.5, 0.6) is 0 Å². The number of piperidine rings is 1. The normalized spacial score (nSPS) is 14.6.